The number of anilines is 1. The maximum Gasteiger partial charge on any atom is 0.298 e. The van der Waals surface area contributed by atoms with E-state index < -0.39 is 0 Å². The van der Waals surface area contributed by atoms with Crippen LogP contribution in [0.1, 0.15) is 19.3 Å². The lowest BCUT2D eigenvalue weighted by atomic mass is 9.96. The molecule has 1 aromatic heterocycles. The number of carbonyl (C=O) groups is 1. The summed E-state index contributed by atoms with van der Waals surface area (Å²) in [7, 11) is 1.89. The minimum atomic E-state index is -0.320. The Kier molecular flexibility index (Phi) is 4.80. The topological polar surface area (TPSA) is 58.8 Å². The van der Waals surface area contributed by atoms with E-state index in [-0.39, 0.29) is 17.6 Å². The molecule has 1 amide bonds. The van der Waals surface area contributed by atoms with Crippen molar-refractivity contribution in [2.45, 2.75) is 19.3 Å². The summed E-state index contributed by atoms with van der Waals surface area (Å²) in [5.74, 6) is 0.384. The molecule has 26 heavy (non-hydrogen) atoms. The van der Waals surface area contributed by atoms with Crippen LogP contribution in [-0.2, 0) is 9.53 Å². The third-order valence-corrected chi connectivity index (χ3v) is 5.41. The van der Waals surface area contributed by atoms with E-state index in [0.29, 0.717) is 36.2 Å². The highest BCUT2D eigenvalue weighted by Crippen LogP contribution is 2.27. The fraction of sp³-hybridized carbons (Fsp3) is 0.579. The first-order chi connectivity index (χ1) is 12.6. The molecule has 0 aliphatic carbocycles. The first kappa shape index (κ1) is 17.3. The first-order valence-electron chi connectivity index (χ1n) is 9.24. The second kappa shape index (κ2) is 7.23. The van der Waals surface area contributed by atoms with Crippen molar-refractivity contribution < 1.29 is 18.3 Å². The summed E-state index contributed by atoms with van der Waals surface area (Å²) in [6.45, 7) is 3.68. The predicted molar refractivity (Wildman–Crippen MR) is 95.5 cm³/mol. The number of nitrogens with zero attached hydrogens (tertiary/aromatic N) is 3. The molecule has 2 saturated heterocycles. The third kappa shape index (κ3) is 3.53. The summed E-state index contributed by atoms with van der Waals surface area (Å²) < 4.78 is 24.3. The second-order valence-corrected chi connectivity index (χ2v) is 7.32. The van der Waals surface area contributed by atoms with Gasteiger partial charge in [-0.3, -0.25) is 4.79 Å². The van der Waals surface area contributed by atoms with Crippen LogP contribution in [0.3, 0.4) is 0 Å². The molecule has 4 rings (SSSR count). The Morgan fingerprint density at radius 2 is 2.15 bits per heavy atom. The van der Waals surface area contributed by atoms with Crippen molar-refractivity contribution in [3.63, 3.8) is 0 Å². The van der Waals surface area contributed by atoms with E-state index >= 15 is 0 Å². The van der Waals surface area contributed by atoms with E-state index in [2.05, 4.69) is 9.88 Å². The second-order valence-electron chi connectivity index (χ2n) is 7.32. The van der Waals surface area contributed by atoms with Crippen LogP contribution in [0, 0.1) is 17.7 Å². The lowest BCUT2D eigenvalue weighted by molar-refractivity contribution is -0.134. The summed E-state index contributed by atoms with van der Waals surface area (Å²) in [5, 5.41) is 0. The molecule has 1 unspecified atom stereocenters. The van der Waals surface area contributed by atoms with Gasteiger partial charge in [-0.15, -0.1) is 0 Å². The largest absolute Gasteiger partial charge is 0.423 e. The van der Waals surface area contributed by atoms with Crippen LogP contribution in [0.4, 0.5) is 10.4 Å². The quantitative estimate of drug-likeness (QED) is 0.838. The third-order valence-electron chi connectivity index (χ3n) is 5.41. The highest BCUT2D eigenvalue weighted by molar-refractivity contribution is 5.79. The smallest absolute Gasteiger partial charge is 0.298 e. The van der Waals surface area contributed by atoms with E-state index in [0.717, 1.165) is 38.9 Å². The van der Waals surface area contributed by atoms with Crippen molar-refractivity contribution in [2.24, 2.45) is 11.8 Å². The van der Waals surface area contributed by atoms with E-state index in [1.165, 1.54) is 12.1 Å². The number of ether oxygens (including phenoxy) is 1. The minimum absolute atomic E-state index is 0.0280. The Bertz CT molecular complexity index is 779. The number of carbonyl (C=O) groups excluding carboxylic acids is 1. The van der Waals surface area contributed by atoms with Gasteiger partial charge in [0, 0.05) is 39.4 Å². The number of fused-ring (bicyclic) bond motifs is 1. The molecule has 2 fully saturated rings. The molecule has 0 bridgehead atoms. The Hall–Kier alpha value is -2.15. The summed E-state index contributed by atoms with van der Waals surface area (Å²) in [5.41, 5.74) is 1.15. The van der Waals surface area contributed by atoms with Crippen molar-refractivity contribution >= 4 is 23.0 Å². The Labute approximate surface area is 151 Å². The number of benzene rings is 1. The Balaban J connectivity index is 1.32. The van der Waals surface area contributed by atoms with Gasteiger partial charge in [-0.1, -0.05) is 0 Å². The number of hydrogen-bond donors (Lipinski definition) is 0. The van der Waals surface area contributed by atoms with Crippen LogP contribution in [0.25, 0.3) is 11.1 Å². The minimum Gasteiger partial charge on any atom is -0.423 e. The van der Waals surface area contributed by atoms with Crippen molar-refractivity contribution in [1.82, 2.24) is 9.88 Å². The molecule has 2 aliphatic heterocycles. The van der Waals surface area contributed by atoms with Crippen LogP contribution < -0.4 is 4.90 Å². The van der Waals surface area contributed by atoms with E-state index in [9.17, 15) is 9.18 Å². The fourth-order valence-corrected chi connectivity index (χ4v) is 3.85. The van der Waals surface area contributed by atoms with E-state index in [1.54, 1.807) is 6.07 Å². The molecule has 0 N–H and O–H groups in total. The number of aromatic nitrogens is 1. The number of piperidine rings is 1. The molecule has 6 nitrogen and oxygen atoms in total. The van der Waals surface area contributed by atoms with Crippen LogP contribution in [0.5, 0.6) is 0 Å². The zero-order valence-electron chi connectivity index (χ0n) is 15.0. The maximum absolute atomic E-state index is 13.3. The number of rotatable bonds is 4. The van der Waals surface area contributed by atoms with Gasteiger partial charge in [0.15, 0.2) is 5.58 Å². The molecule has 140 valence electrons. The number of halogens is 1. The number of amides is 1. The average Bonchev–Trinajstić information content (AvgIpc) is 3.31. The normalized spacial score (nSPS) is 21.5. The van der Waals surface area contributed by atoms with Gasteiger partial charge in [-0.2, -0.15) is 4.98 Å². The SMILES string of the molecule is CN(CC1CCN(c2nc3ccc(F)cc3o2)CC1)C(=O)C1CCOC1. The molecule has 1 aromatic carbocycles. The zero-order valence-corrected chi connectivity index (χ0v) is 15.0. The van der Waals surface area contributed by atoms with Crippen molar-refractivity contribution in [3.8, 4) is 0 Å². The van der Waals surface area contributed by atoms with Crippen LogP contribution in [0.2, 0.25) is 0 Å². The summed E-state index contributed by atoms with van der Waals surface area (Å²) in [6.07, 6.45) is 2.79. The van der Waals surface area contributed by atoms with Crippen molar-refractivity contribution in [1.29, 1.82) is 0 Å². The van der Waals surface area contributed by atoms with Gasteiger partial charge in [0.05, 0.1) is 12.5 Å². The summed E-state index contributed by atoms with van der Waals surface area (Å²) in [6, 6.07) is 4.95. The van der Waals surface area contributed by atoms with Crippen molar-refractivity contribution in [3.05, 3.63) is 24.0 Å². The maximum atomic E-state index is 13.3. The molecule has 0 radical (unpaired) electrons. The fourth-order valence-electron chi connectivity index (χ4n) is 3.85. The van der Waals surface area contributed by atoms with Gasteiger partial charge in [0.25, 0.3) is 6.01 Å². The van der Waals surface area contributed by atoms with Gasteiger partial charge in [-0.05, 0) is 37.3 Å². The standard InChI is InChI=1S/C19H24FN3O3/c1-22(18(24)14-6-9-25-12-14)11-13-4-7-23(8-5-13)19-21-16-3-2-15(20)10-17(16)26-19/h2-3,10,13-14H,4-9,11-12H2,1H3. The first-order valence-corrected chi connectivity index (χ1v) is 9.24. The van der Waals surface area contributed by atoms with Gasteiger partial charge >= 0.3 is 0 Å². The molecule has 3 heterocycles. The summed E-state index contributed by atoms with van der Waals surface area (Å²) >= 11 is 0. The molecule has 0 spiro atoms. The van der Waals surface area contributed by atoms with E-state index in [4.69, 9.17) is 9.15 Å². The monoisotopic (exact) mass is 361 g/mol. The summed E-state index contributed by atoms with van der Waals surface area (Å²) in [4.78, 5) is 20.8. The lowest BCUT2D eigenvalue weighted by Crippen LogP contribution is -2.41. The lowest BCUT2D eigenvalue weighted by Gasteiger charge is -2.33. The van der Waals surface area contributed by atoms with Crippen molar-refractivity contribution in [2.75, 3.05) is 44.8 Å². The Morgan fingerprint density at radius 3 is 2.88 bits per heavy atom. The van der Waals surface area contributed by atoms with Gasteiger partial charge in [0.2, 0.25) is 5.91 Å². The average molecular weight is 361 g/mol. The van der Waals surface area contributed by atoms with Crippen LogP contribution >= 0.6 is 0 Å². The number of oxazole rings is 1. The highest BCUT2D eigenvalue weighted by Gasteiger charge is 2.29. The number of hydrogen-bond acceptors (Lipinski definition) is 5. The van der Waals surface area contributed by atoms with Gasteiger partial charge in [-0.25, -0.2) is 4.39 Å². The van der Waals surface area contributed by atoms with Gasteiger partial charge < -0.3 is 19.0 Å². The van der Waals surface area contributed by atoms with Gasteiger partial charge in [0.1, 0.15) is 11.3 Å². The van der Waals surface area contributed by atoms with E-state index in [1.807, 2.05) is 11.9 Å². The molecular weight excluding hydrogens is 337 g/mol. The molecule has 2 aliphatic rings. The highest BCUT2D eigenvalue weighted by atomic mass is 19.1. The molecule has 7 heteroatoms. The Morgan fingerprint density at radius 1 is 1.35 bits per heavy atom. The van der Waals surface area contributed by atoms with Crippen LogP contribution in [-0.4, -0.2) is 55.7 Å². The molecule has 1 atom stereocenters. The van der Waals surface area contributed by atoms with Crippen LogP contribution in [0.15, 0.2) is 22.6 Å². The predicted octanol–water partition coefficient (Wildman–Crippen LogP) is 2.68. The zero-order chi connectivity index (χ0) is 18.1. The molecular formula is C19H24FN3O3. The molecule has 0 saturated carbocycles. The molecule has 2 aromatic rings.